The summed E-state index contributed by atoms with van der Waals surface area (Å²) in [7, 11) is 1.61. The number of carbonyl (C=O) groups is 1. The molecule has 5 nitrogen and oxygen atoms in total. The molecule has 0 spiro atoms. The fraction of sp³-hybridized carbons (Fsp3) is 0.562. The minimum Gasteiger partial charge on any atom is -0.399 e. The summed E-state index contributed by atoms with van der Waals surface area (Å²) in [6, 6.07) is 5.22. The SMILES string of the molecule is CNC(=O)c1ccc(N)cc1NCC1(CO)CCCCC1. The van der Waals surface area contributed by atoms with Crippen LogP contribution in [0.1, 0.15) is 42.5 Å². The maximum Gasteiger partial charge on any atom is 0.253 e. The van der Waals surface area contributed by atoms with E-state index in [-0.39, 0.29) is 17.9 Å². The summed E-state index contributed by atoms with van der Waals surface area (Å²) in [5, 5.41) is 15.7. The minimum absolute atomic E-state index is 0.0805. The summed E-state index contributed by atoms with van der Waals surface area (Å²) in [4.78, 5) is 11.9. The van der Waals surface area contributed by atoms with Crippen LogP contribution in [-0.4, -0.2) is 31.2 Å². The van der Waals surface area contributed by atoms with Gasteiger partial charge in [-0.15, -0.1) is 0 Å². The lowest BCUT2D eigenvalue weighted by atomic mass is 9.74. The Morgan fingerprint density at radius 3 is 2.67 bits per heavy atom. The molecule has 0 aromatic heterocycles. The predicted octanol–water partition coefficient (Wildman–Crippen LogP) is 1.98. The molecule has 1 amide bonds. The molecule has 21 heavy (non-hydrogen) atoms. The molecule has 0 unspecified atom stereocenters. The molecule has 1 aliphatic rings. The molecule has 116 valence electrons. The highest BCUT2D eigenvalue weighted by Gasteiger charge is 2.31. The molecule has 0 bridgehead atoms. The second-order valence-electron chi connectivity index (χ2n) is 5.96. The highest BCUT2D eigenvalue weighted by molar-refractivity contribution is 6.00. The number of nitrogens with one attached hydrogen (secondary N) is 2. The van der Waals surface area contributed by atoms with Gasteiger partial charge in [-0.25, -0.2) is 0 Å². The molecule has 0 saturated heterocycles. The maximum atomic E-state index is 11.9. The topological polar surface area (TPSA) is 87.4 Å². The summed E-state index contributed by atoms with van der Waals surface area (Å²) in [5.41, 5.74) is 7.67. The van der Waals surface area contributed by atoms with Gasteiger partial charge >= 0.3 is 0 Å². The number of hydrogen-bond donors (Lipinski definition) is 4. The van der Waals surface area contributed by atoms with Crippen LogP contribution in [0.15, 0.2) is 18.2 Å². The van der Waals surface area contributed by atoms with E-state index in [9.17, 15) is 9.90 Å². The van der Waals surface area contributed by atoms with Gasteiger partial charge in [0.25, 0.3) is 5.91 Å². The largest absolute Gasteiger partial charge is 0.399 e. The molecule has 1 aromatic carbocycles. The number of rotatable bonds is 5. The van der Waals surface area contributed by atoms with Crippen molar-refractivity contribution in [2.45, 2.75) is 32.1 Å². The molecule has 0 radical (unpaired) electrons. The summed E-state index contributed by atoms with van der Waals surface area (Å²) in [6.45, 7) is 0.842. The number of nitrogen functional groups attached to an aromatic ring is 1. The van der Waals surface area contributed by atoms with Gasteiger partial charge in [0.1, 0.15) is 0 Å². The van der Waals surface area contributed by atoms with Crippen LogP contribution in [0.25, 0.3) is 0 Å². The zero-order chi connectivity index (χ0) is 15.3. The van der Waals surface area contributed by atoms with Crippen LogP contribution in [0.4, 0.5) is 11.4 Å². The Kier molecular flexibility index (Phi) is 5.07. The van der Waals surface area contributed by atoms with Gasteiger partial charge in [0, 0.05) is 30.4 Å². The lowest BCUT2D eigenvalue weighted by molar-refractivity contribution is 0.0940. The number of aliphatic hydroxyl groups excluding tert-OH is 1. The summed E-state index contributed by atoms with van der Waals surface area (Å²) in [5.74, 6) is -0.140. The van der Waals surface area contributed by atoms with Gasteiger partial charge in [-0.1, -0.05) is 19.3 Å². The van der Waals surface area contributed by atoms with Crippen molar-refractivity contribution in [3.63, 3.8) is 0 Å². The van der Waals surface area contributed by atoms with Crippen LogP contribution in [0.3, 0.4) is 0 Å². The molecule has 2 rings (SSSR count). The van der Waals surface area contributed by atoms with E-state index in [1.54, 1.807) is 25.2 Å². The fourth-order valence-electron chi connectivity index (χ4n) is 3.02. The van der Waals surface area contributed by atoms with Crippen molar-refractivity contribution in [1.82, 2.24) is 5.32 Å². The Labute approximate surface area is 125 Å². The van der Waals surface area contributed by atoms with Crippen LogP contribution in [0.5, 0.6) is 0 Å². The third-order valence-electron chi connectivity index (χ3n) is 4.42. The second-order valence-corrected chi connectivity index (χ2v) is 5.96. The van der Waals surface area contributed by atoms with E-state index in [1.165, 1.54) is 6.42 Å². The first-order valence-corrected chi connectivity index (χ1v) is 7.56. The second kappa shape index (κ2) is 6.80. The smallest absolute Gasteiger partial charge is 0.253 e. The lowest BCUT2D eigenvalue weighted by Crippen LogP contribution is -2.36. The van der Waals surface area contributed by atoms with E-state index in [0.717, 1.165) is 31.4 Å². The number of anilines is 2. The van der Waals surface area contributed by atoms with Crippen molar-refractivity contribution in [2.24, 2.45) is 5.41 Å². The maximum absolute atomic E-state index is 11.9. The first-order valence-electron chi connectivity index (χ1n) is 7.56. The van der Waals surface area contributed by atoms with Gasteiger partial charge in [-0.05, 0) is 31.0 Å². The van der Waals surface area contributed by atoms with Gasteiger partial charge in [-0.2, -0.15) is 0 Å². The van der Waals surface area contributed by atoms with Crippen LogP contribution < -0.4 is 16.4 Å². The average Bonchev–Trinajstić information content (AvgIpc) is 2.53. The van der Waals surface area contributed by atoms with Crippen molar-refractivity contribution in [3.8, 4) is 0 Å². The Balaban J connectivity index is 2.14. The first kappa shape index (κ1) is 15.6. The number of amides is 1. The average molecular weight is 291 g/mol. The van der Waals surface area contributed by atoms with Crippen LogP contribution in [0, 0.1) is 5.41 Å². The Morgan fingerprint density at radius 2 is 2.05 bits per heavy atom. The van der Waals surface area contributed by atoms with Crippen molar-refractivity contribution in [2.75, 3.05) is 31.2 Å². The van der Waals surface area contributed by atoms with Crippen LogP contribution in [0.2, 0.25) is 0 Å². The third kappa shape index (κ3) is 3.67. The van der Waals surface area contributed by atoms with E-state index in [1.807, 2.05) is 0 Å². The summed E-state index contributed by atoms with van der Waals surface area (Å²) < 4.78 is 0. The van der Waals surface area contributed by atoms with Gasteiger partial charge < -0.3 is 21.5 Å². The highest BCUT2D eigenvalue weighted by Crippen LogP contribution is 2.36. The van der Waals surface area contributed by atoms with Gasteiger partial charge in [-0.3, -0.25) is 4.79 Å². The van der Waals surface area contributed by atoms with E-state index >= 15 is 0 Å². The van der Waals surface area contributed by atoms with Crippen molar-refractivity contribution >= 4 is 17.3 Å². The minimum atomic E-state index is -0.140. The highest BCUT2D eigenvalue weighted by atomic mass is 16.3. The molecule has 1 aliphatic carbocycles. The van der Waals surface area contributed by atoms with E-state index in [2.05, 4.69) is 10.6 Å². The third-order valence-corrected chi connectivity index (χ3v) is 4.42. The van der Waals surface area contributed by atoms with Crippen molar-refractivity contribution < 1.29 is 9.90 Å². The van der Waals surface area contributed by atoms with Crippen LogP contribution in [-0.2, 0) is 0 Å². The molecule has 0 atom stereocenters. The zero-order valence-corrected chi connectivity index (χ0v) is 12.6. The standard InChI is InChI=1S/C16H25N3O2/c1-18-15(21)13-6-5-12(17)9-14(13)19-10-16(11-20)7-3-2-4-8-16/h5-6,9,19-20H,2-4,7-8,10-11,17H2,1H3,(H,18,21). The van der Waals surface area contributed by atoms with Crippen molar-refractivity contribution in [3.05, 3.63) is 23.8 Å². The fourth-order valence-corrected chi connectivity index (χ4v) is 3.02. The molecule has 0 aliphatic heterocycles. The quantitative estimate of drug-likeness (QED) is 0.625. The molecule has 0 heterocycles. The Hall–Kier alpha value is -1.75. The summed E-state index contributed by atoms with van der Waals surface area (Å²) in [6.07, 6.45) is 5.59. The van der Waals surface area contributed by atoms with E-state index < -0.39 is 0 Å². The molecule has 5 heteroatoms. The lowest BCUT2D eigenvalue weighted by Gasteiger charge is -2.36. The van der Waals surface area contributed by atoms with E-state index in [4.69, 9.17) is 5.73 Å². The molecular weight excluding hydrogens is 266 g/mol. The molecule has 1 saturated carbocycles. The van der Waals surface area contributed by atoms with Crippen LogP contribution >= 0.6 is 0 Å². The van der Waals surface area contributed by atoms with Gasteiger partial charge in [0.15, 0.2) is 0 Å². The number of aliphatic hydroxyl groups is 1. The molecule has 1 fully saturated rings. The number of hydrogen-bond acceptors (Lipinski definition) is 4. The van der Waals surface area contributed by atoms with Gasteiger partial charge in [0.05, 0.1) is 12.2 Å². The monoisotopic (exact) mass is 291 g/mol. The first-order chi connectivity index (χ1) is 10.1. The normalized spacial score (nSPS) is 17.2. The van der Waals surface area contributed by atoms with Gasteiger partial charge in [0.2, 0.25) is 0 Å². The molecule has 5 N–H and O–H groups in total. The van der Waals surface area contributed by atoms with Crippen molar-refractivity contribution in [1.29, 1.82) is 0 Å². The summed E-state index contributed by atoms with van der Waals surface area (Å²) >= 11 is 0. The predicted molar refractivity (Wildman–Crippen MR) is 85.3 cm³/mol. The number of nitrogens with two attached hydrogens (primary N) is 1. The molecule has 1 aromatic rings. The number of benzene rings is 1. The zero-order valence-electron chi connectivity index (χ0n) is 12.6. The van der Waals surface area contributed by atoms with E-state index in [0.29, 0.717) is 17.8 Å². The molecular formula is C16H25N3O2. The Morgan fingerprint density at radius 1 is 1.33 bits per heavy atom. The number of carbonyl (C=O) groups excluding carboxylic acids is 1. The Bertz CT molecular complexity index is 496.